The Bertz CT molecular complexity index is 1600. The van der Waals surface area contributed by atoms with E-state index in [-0.39, 0.29) is 67.1 Å². The molecule has 12 nitrogen and oxygen atoms in total. The van der Waals surface area contributed by atoms with Gasteiger partial charge in [-0.25, -0.2) is 18.2 Å². The number of carbonyl (C=O) groups is 1. The maximum absolute atomic E-state index is 14.0. The first-order valence-corrected chi connectivity index (χ1v) is 17.5. The Hall–Kier alpha value is -3.33. The van der Waals surface area contributed by atoms with E-state index in [9.17, 15) is 18.3 Å². The minimum atomic E-state index is -4.03. The smallest absolute Gasteiger partial charge is 0.407 e. The molecule has 13 heteroatoms. The van der Waals surface area contributed by atoms with E-state index in [0.29, 0.717) is 30.4 Å². The summed E-state index contributed by atoms with van der Waals surface area (Å²) in [5, 5.41) is 14.5. The molecule has 1 saturated carbocycles. The molecule has 7 atom stereocenters. The zero-order valence-electron chi connectivity index (χ0n) is 26.9. The van der Waals surface area contributed by atoms with Crippen LogP contribution in [0.15, 0.2) is 70.1 Å². The van der Waals surface area contributed by atoms with Crippen molar-refractivity contribution in [3.8, 4) is 11.3 Å². The summed E-state index contributed by atoms with van der Waals surface area (Å²) in [4.78, 5) is 17.6. The van der Waals surface area contributed by atoms with Crippen molar-refractivity contribution in [2.45, 2.75) is 62.7 Å². The summed E-state index contributed by atoms with van der Waals surface area (Å²) >= 11 is 0. The van der Waals surface area contributed by atoms with E-state index in [4.69, 9.17) is 23.4 Å². The van der Waals surface area contributed by atoms with Gasteiger partial charge in [-0.1, -0.05) is 44.2 Å². The van der Waals surface area contributed by atoms with Crippen LogP contribution in [0, 0.1) is 23.7 Å². The van der Waals surface area contributed by atoms with Crippen LogP contribution < -0.4 is 5.32 Å². The Kier molecular flexibility index (Phi) is 10.3. The number of carbonyl (C=O) groups excluding carboxylic acids is 1. The molecular formula is C34H43N3O9S. The van der Waals surface area contributed by atoms with Gasteiger partial charge in [0.05, 0.1) is 36.5 Å². The largest absolute Gasteiger partial charge is 0.445 e. The Morgan fingerprint density at radius 1 is 1.06 bits per heavy atom. The third-order valence-electron chi connectivity index (χ3n) is 9.16. The molecule has 3 aromatic rings. The van der Waals surface area contributed by atoms with Crippen LogP contribution in [0.2, 0.25) is 0 Å². The highest BCUT2D eigenvalue weighted by molar-refractivity contribution is 7.89. The predicted molar refractivity (Wildman–Crippen MR) is 170 cm³/mol. The lowest BCUT2D eigenvalue weighted by molar-refractivity contribution is -0.169. The molecule has 2 saturated heterocycles. The molecular weight excluding hydrogens is 626 g/mol. The molecule has 1 aromatic heterocycles. The number of aliphatic hydroxyl groups excluding tert-OH is 1. The first-order valence-electron chi connectivity index (χ1n) is 16.1. The van der Waals surface area contributed by atoms with Crippen molar-refractivity contribution in [2.24, 2.45) is 23.7 Å². The van der Waals surface area contributed by atoms with Gasteiger partial charge in [0, 0.05) is 43.5 Å². The molecule has 3 aliphatic rings. The van der Waals surface area contributed by atoms with E-state index in [0.717, 1.165) is 12.0 Å². The number of hydrogen-bond acceptors (Lipinski definition) is 10. The molecule has 3 fully saturated rings. The number of nitrogens with zero attached hydrogens (tertiary/aromatic N) is 2. The number of oxazole rings is 1. The molecule has 2 N–H and O–H groups in total. The molecule has 4 unspecified atom stereocenters. The monoisotopic (exact) mass is 669 g/mol. The average Bonchev–Trinajstić information content (AvgIpc) is 3.76. The summed E-state index contributed by atoms with van der Waals surface area (Å²) in [6, 6.07) is 15.0. The summed E-state index contributed by atoms with van der Waals surface area (Å²) in [6.45, 7) is 4.94. The van der Waals surface area contributed by atoms with E-state index >= 15 is 0 Å². The van der Waals surface area contributed by atoms with E-state index in [2.05, 4.69) is 10.3 Å². The summed E-state index contributed by atoms with van der Waals surface area (Å²) in [5.41, 5.74) is 1.54. The van der Waals surface area contributed by atoms with Gasteiger partial charge >= 0.3 is 6.09 Å². The third kappa shape index (κ3) is 7.55. The normalized spacial score (nSPS) is 24.9. The first kappa shape index (κ1) is 33.6. The number of aliphatic hydroxyl groups is 1. The van der Waals surface area contributed by atoms with Crippen LogP contribution in [-0.4, -0.2) is 86.9 Å². The van der Waals surface area contributed by atoms with Crippen molar-refractivity contribution >= 4 is 16.1 Å². The Morgan fingerprint density at radius 3 is 2.53 bits per heavy atom. The van der Waals surface area contributed by atoms with Crippen molar-refractivity contribution in [1.82, 2.24) is 14.6 Å². The zero-order valence-corrected chi connectivity index (χ0v) is 27.7. The van der Waals surface area contributed by atoms with E-state index in [1.54, 1.807) is 25.4 Å². The lowest BCUT2D eigenvalue weighted by Crippen LogP contribution is -2.52. The summed E-state index contributed by atoms with van der Waals surface area (Å²) in [7, 11) is -2.48. The molecule has 47 heavy (non-hydrogen) atoms. The zero-order chi connectivity index (χ0) is 33.1. The van der Waals surface area contributed by atoms with Crippen LogP contribution in [0.3, 0.4) is 0 Å². The number of sulfonamides is 1. The van der Waals surface area contributed by atoms with E-state index < -0.39 is 28.3 Å². The standard InChI is InChI=1S/C34H43N3O9S/c1-21(2)16-37(47(40,41)25-11-9-23(10-12-25)30-15-35-31(45-30)20-42-3)17-29(38)28(13-22-7-5-4-6-8-22)36-34(39)46-32-24-14-26-27(32)19-44-33(26)43-18-24/h4-12,15,21,24,26-29,32-33,38H,13-14,16-20H2,1-3H3,(H,36,39)/t24-,26?,27?,28+,29-,32?,33?/m1/s1. The molecule has 2 aromatic carbocycles. The fourth-order valence-corrected chi connectivity index (χ4v) is 8.52. The number of nitrogens with one attached hydrogen (secondary N) is 1. The van der Waals surface area contributed by atoms with Gasteiger partial charge in [0.1, 0.15) is 12.7 Å². The number of amides is 1. The fourth-order valence-electron chi connectivity index (χ4n) is 6.90. The SMILES string of the molecule is COCc1ncc(-c2ccc(S(=O)(=O)N(CC(C)C)C[C@@H](O)[C@H](Cc3ccccc3)NC(=O)OC3C4COC5OC[C@H]3CC54)cc2)o1. The summed E-state index contributed by atoms with van der Waals surface area (Å²) < 4.78 is 57.5. The quantitative estimate of drug-likeness (QED) is 0.259. The topological polar surface area (TPSA) is 150 Å². The lowest BCUT2D eigenvalue weighted by Gasteiger charge is -2.31. The van der Waals surface area contributed by atoms with Gasteiger partial charge in [-0.15, -0.1) is 0 Å². The van der Waals surface area contributed by atoms with Crippen molar-refractivity contribution in [3.63, 3.8) is 0 Å². The van der Waals surface area contributed by atoms with Gasteiger partial charge < -0.3 is 33.8 Å². The molecule has 0 radical (unpaired) electrons. The molecule has 2 bridgehead atoms. The van der Waals surface area contributed by atoms with Crippen LogP contribution in [-0.2, 0) is 42.0 Å². The van der Waals surface area contributed by atoms with Crippen LogP contribution in [0.1, 0.15) is 31.7 Å². The number of aromatic nitrogens is 1. The van der Waals surface area contributed by atoms with Crippen molar-refractivity contribution < 1.29 is 41.7 Å². The maximum atomic E-state index is 14.0. The molecule has 254 valence electrons. The number of benzene rings is 2. The Labute approximate surface area is 275 Å². The minimum Gasteiger partial charge on any atom is -0.445 e. The van der Waals surface area contributed by atoms with Gasteiger partial charge in [-0.2, -0.15) is 4.31 Å². The lowest BCUT2D eigenvalue weighted by atomic mass is 9.98. The predicted octanol–water partition coefficient (Wildman–Crippen LogP) is 3.84. The van der Waals surface area contributed by atoms with Crippen LogP contribution in [0.4, 0.5) is 4.79 Å². The number of methoxy groups -OCH3 is 1. The Balaban J connectivity index is 1.18. The van der Waals surface area contributed by atoms with Gasteiger partial charge in [-0.05, 0) is 48.6 Å². The number of hydrogen-bond donors (Lipinski definition) is 2. The third-order valence-corrected chi connectivity index (χ3v) is 11.0. The van der Waals surface area contributed by atoms with Gasteiger partial charge in [0.25, 0.3) is 0 Å². The number of fused-ring (bicyclic) bond motifs is 1. The summed E-state index contributed by atoms with van der Waals surface area (Å²) in [6.07, 6.45) is 0.259. The Morgan fingerprint density at radius 2 is 1.81 bits per heavy atom. The number of rotatable bonds is 14. The van der Waals surface area contributed by atoms with Crippen molar-refractivity contribution in [3.05, 3.63) is 72.2 Å². The van der Waals surface area contributed by atoms with Crippen molar-refractivity contribution in [2.75, 3.05) is 33.4 Å². The molecule has 2 aliphatic heterocycles. The highest BCUT2D eigenvalue weighted by Crippen LogP contribution is 2.49. The van der Waals surface area contributed by atoms with E-state index in [1.807, 2.05) is 44.2 Å². The van der Waals surface area contributed by atoms with Gasteiger partial charge in [0.2, 0.25) is 15.9 Å². The molecule has 6 rings (SSSR count). The number of ether oxygens (including phenoxy) is 4. The maximum Gasteiger partial charge on any atom is 0.407 e. The van der Waals surface area contributed by atoms with Gasteiger partial charge in [0.15, 0.2) is 12.1 Å². The molecule has 3 heterocycles. The van der Waals surface area contributed by atoms with Crippen LogP contribution >= 0.6 is 0 Å². The highest BCUT2D eigenvalue weighted by atomic mass is 32.2. The van der Waals surface area contributed by atoms with Crippen molar-refractivity contribution in [1.29, 1.82) is 0 Å². The second-order valence-corrected chi connectivity index (χ2v) is 15.0. The van der Waals surface area contributed by atoms with Crippen LogP contribution in [0.25, 0.3) is 11.3 Å². The first-order chi connectivity index (χ1) is 22.6. The number of alkyl carbamates (subject to hydrolysis) is 1. The van der Waals surface area contributed by atoms with Crippen LogP contribution in [0.5, 0.6) is 0 Å². The molecule has 1 amide bonds. The van der Waals surface area contributed by atoms with Gasteiger partial charge in [-0.3, -0.25) is 0 Å². The molecule has 1 aliphatic carbocycles. The highest BCUT2D eigenvalue weighted by Gasteiger charge is 2.56. The van der Waals surface area contributed by atoms with E-state index in [1.165, 1.54) is 16.4 Å². The second-order valence-electron chi connectivity index (χ2n) is 13.0. The second kappa shape index (κ2) is 14.4. The summed E-state index contributed by atoms with van der Waals surface area (Å²) in [5.74, 6) is 1.26. The minimum absolute atomic E-state index is 0.0310. The fraction of sp³-hybridized carbons (Fsp3) is 0.529. The molecule has 0 spiro atoms. The average molecular weight is 670 g/mol.